The number of esters is 1. The molecule has 0 bridgehead atoms. The fourth-order valence-electron chi connectivity index (χ4n) is 3.34. The standard InChI is InChI=1S/C19H34O4/c1-4-5-11-17(12-6-8-14(2)3)23-19(22)16-10-7-9-15(13-16)18(20)21/h14-17H,4-13H2,1-3H3,(H,20,21). The summed E-state index contributed by atoms with van der Waals surface area (Å²) in [5.74, 6) is -0.869. The number of aliphatic carboxylic acids is 1. The Bertz CT molecular complexity index is 364. The zero-order valence-electron chi connectivity index (χ0n) is 15.1. The van der Waals surface area contributed by atoms with E-state index < -0.39 is 5.97 Å². The van der Waals surface area contributed by atoms with Crippen LogP contribution in [0.3, 0.4) is 0 Å². The van der Waals surface area contributed by atoms with Crippen LogP contribution < -0.4 is 0 Å². The zero-order chi connectivity index (χ0) is 17.2. The van der Waals surface area contributed by atoms with E-state index in [2.05, 4.69) is 20.8 Å². The molecular weight excluding hydrogens is 292 g/mol. The molecule has 0 aromatic heterocycles. The summed E-state index contributed by atoms with van der Waals surface area (Å²) in [5, 5.41) is 9.15. The molecule has 3 atom stereocenters. The molecule has 1 fully saturated rings. The quantitative estimate of drug-likeness (QED) is 0.585. The lowest BCUT2D eigenvalue weighted by molar-refractivity contribution is -0.158. The highest BCUT2D eigenvalue weighted by molar-refractivity contribution is 5.75. The van der Waals surface area contributed by atoms with Crippen LogP contribution in [0.15, 0.2) is 0 Å². The van der Waals surface area contributed by atoms with Crippen LogP contribution in [0.4, 0.5) is 0 Å². The number of carbonyl (C=O) groups is 2. The summed E-state index contributed by atoms with van der Waals surface area (Å²) in [5.41, 5.74) is 0. The fraction of sp³-hybridized carbons (Fsp3) is 0.895. The SMILES string of the molecule is CCCCC(CCCC(C)C)OC(=O)C1CCCC(C(=O)O)C1. The van der Waals surface area contributed by atoms with Crippen molar-refractivity contribution in [3.05, 3.63) is 0 Å². The van der Waals surface area contributed by atoms with Crippen LogP contribution in [0, 0.1) is 17.8 Å². The molecule has 3 unspecified atom stereocenters. The van der Waals surface area contributed by atoms with Gasteiger partial charge in [-0.15, -0.1) is 0 Å². The Hall–Kier alpha value is -1.06. The normalized spacial score (nSPS) is 22.8. The Morgan fingerprint density at radius 1 is 1.09 bits per heavy atom. The maximum atomic E-state index is 12.4. The van der Waals surface area contributed by atoms with Crippen LogP contribution >= 0.6 is 0 Å². The molecule has 0 aromatic rings. The maximum absolute atomic E-state index is 12.4. The van der Waals surface area contributed by atoms with E-state index in [1.54, 1.807) is 0 Å². The van der Waals surface area contributed by atoms with Gasteiger partial charge in [-0.1, -0.05) is 46.5 Å². The predicted molar refractivity (Wildman–Crippen MR) is 91.2 cm³/mol. The Balaban J connectivity index is 2.48. The highest BCUT2D eigenvalue weighted by atomic mass is 16.5. The highest BCUT2D eigenvalue weighted by Crippen LogP contribution is 2.31. The summed E-state index contributed by atoms with van der Waals surface area (Å²) >= 11 is 0. The third kappa shape index (κ3) is 7.85. The molecule has 4 nitrogen and oxygen atoms in total. The van der Waals surface area contributed by atoms with Crippen molar-refractivity contribution >= 4 is 11.9 Å². The summed E-state index contributed by atoms with van der Waals surface area (Å²) in [6.07, 6.45) is 8.99. The summed E-state index contributed by atoms with van der Waals surface area (Å²) < 4.78 is 5.77. The van der Waals surface area contributed by atoms with Gasteiger partial charge in [-0.05, 0) is 44.4 Å². The molecule has 0 aromatic carbocycles. The van der Waals surface area contributed by atoms with Crippen LogP contribution in [0.1, 0.15) is 85.0 Å². The van der Waals surface area contributed by atoms with Gasteiger partial charge in [0.05, 0.1) is 11.8 Å². The van der Waals surface area contributed by atoms with Gasteiger partial charge < -0.3 is 9.84 Å². The lowest BCUT2D eigenvalue weighted by Gasteiger charge is -2.27. The summed E-state index contributed by atoms with van der Waals surface area (Å²) in [6.45, 7) is 6.56. The Labute approximate surface area is 141 Å². The average Bonchev–Trinajstić information content (AvgIpc) is 2.52. The van der Waals surface area contributed by atoms with Gasteiger partial charge in [-0.3, -0.25) is 9.59 Å². The van der Waals surface area contributed by atoms with Crippen molar-refractivity contribution < 1.29 is 19.4 Å². The van der Waals surface area contributed by atoms with E-state index in [0.717, 1.165) is 51.4 Å². The van der Waals surface area contributed by atoms with Crippen molar-refractivity contribution in [3.8, 4) is 0 Å². The molecule has 134 valence electrons. The van der Waals surface area contributed by atoms with E-state index in [0.29, 0.717) is 18.8 Å². The molecule has 1 saturated carbocycles. The number of hydrogen-bond acceptors (Lipinski definition) is 3. The number of carbonyl (C=O) groups excluding carboxylic acids is 1. The van der Waals surface area contributed by atoms with Gasteiger partial charge in [0.25, 0.3) is 0 Å². The molecule has 0 saturated heterocycles. The molecule has 1 rings (SSSR count). The molecular formula is C19H34O4. The van der Waals surface area contributed by atoms with Gasteiger partial charge in [0.2, 0.25) is 0 Å². The lowest BCUT2D eigenvalue weighted by atomic mass is 9.81. The molecule has 1 aliphatic rings. The molecule has 0 radical (unpaired) electrons. The number of hydrogen-bond donors (Lipinski definition) is 1. The van der Waals surface area contributed by atoms with E-state index >= 15 is 0 Å². The molecule has 1 aliphatic carbocycles. The number of carboxylic acids is 1. The van der Waals surface area contributed by atoms with Gasteiger partial charge in [0, 0.05) is 0 Å². The Morgan fingerprint density at radius 2 is 1.74 bits per heavy atom. The van der Waals surface area contributed by atoms with Crippen LogP contribution in [-0.2, 0) is 14.3 Å². The Kier molecular flexibility index (Phi) is 9.27. The smallest absolute Gasteiger partial charge is 0.309 e. The average molecular weight is 326 g/mol. The maximum Gasteiger partial charge on any atom is 0.309 e. The predicted octanol–water partition coefficient (Wildman–Crippen LogP) is 4.81. The zero-order valence-corrected chi connectivity index (χ0v) is 15.1. The second-order valence-corrected chi connectivity index (χ2v) is 7.42. The van der Waals surface area contributed by atoms with Crippen LogP contribution in [0.2, 0.25) is 0 Å². The van der Waals surface area contributed by atoms with E-state index in [4.69, 9.17) is 9.84 Å². The Morgan fingerprint density at radius 3 is 2.35 bits per heavy atom. The van der Waals surface area contributed by atoms with Crippen molar-refractivity contribution in [1.29, 1.82) is 0 Å². The monoisotopic (exact) mass is 326 g/mol. The first-order valence-corrected chi connectivity index (χ1v) is 9.37. The molecule has 23 heavy (non-hydrogen) atoms. The fourth-order valence-corrected chi connectivity index (χ4v) is 3.34. The number of carboxylic acid groups (broad SMARTS) is 1. The first-order chi connectivity index (χ1) is 10.9. The topological polar surface area (TPSA) is 63.6 Å². The molecule has 0 aliphatic heterocycles. The molecule has 0 spiro atoms. The first kappa shape index (κ1) is 20.0. The third-order valence-corrected chi connectivity index (χ3v) is 4.83. The molecule has 0 amide bonds. The van der Waals surface area contributed by atoms with Crippen LogP contribution in [0.5, 0.6) is 0 Å². The van der Waals surface area contributed by atoms with Crippen molar-refractivity contribution in [1.82, 2.24) is 0 Å². The largest absolute Gasteiger partial charge is 0.481 e. The van der Waals surface area contributed by atoms with Crippen LogP contribution in [0.25, 0.3) is 0 Å². The second-order valence-electron chi connectivity index (χ2n) is 7.42. The minimum absolute atomic E-state index is 0.00593. The summed E-state index contributed by atoms with van der Waals surface area (Å²) in [7, 11) is 0. The summed E-state index contributed by atoms with van der Waals surface area (Å²) in [4.78, 5) is 23.6. The van der Waals surface area contributed by atoms with Gasteiger partial charge in [0.1, 0.15) is 6.10 Å². The molecule has 1 N–H and O–H groups in total. The van der Waals surface area contributed by atoms with Crippen molar-refractivity contribution in [3.63, 3.8) is 0 Å². The minimum atomic E-state index is -0.776. The minimum Gasteiger partial charge on any atom is -0.481 e. The molecule has 4 heteroatoms. The molecule has 0 heterocycles. The van der Waals surface area contributed by atoms with Crippen LogP contribution in [-0.4, -0.2) is 23.1 Å². The van der Waals surface area contributed by atoms with Crippen molar-refractivity contribution in [2.24, 2.45) is 17.8 Å². The van der Waals surface area contributed by atoms with Gasteiger partial charge in [-0.2, -0.15) is 0 Å². The second kappa shape index (κ2) is 10.7. The van der Waals surface area contributed by atoms with Crippen molar-refractivity contribution in [2.75, 3.05) is 0 Å². The lowest BCUT2D eigenvalue weighted by Crippen LogP contribution is -2.31. The number of rotatable bonds is 10. The van der Waals surface area contributed by atoms with Gasteiger partial charge in [-0.25, -0.2) is 0 Å². The number of ether oxygens (including phenoxy) is 1. The van der Waals surface area contributed by atoms with E-state index in [9.17, 15) is 9.59 Å². The van der Waals surface area contributed by atoms with E-state index in [-0.39, 0.29) is 23.9 Å². The first-order valence-electron chi connectivity index (χ1n) is 9.37. The van der Waals surface area contributed by atoms with E-state index in [1.165, 1.54) is 0 Å². The van der Waals surface area contributed by atoms with Gasteiger partial charge in [0.15, 0.2) is 0 Å². The van der Waals surface area contributed by atoms with Crippen molar-refractivity contribution in [2.45, 2.75) is 91.1 Å². The van der Waals surface area contributed by atoms with Gasteiger partial charge >= 0.3 is 11.9 Å². The van der Waals surface area contributed by atoms with E-state index in [1.807, 2.05) is 0 Å². The number of unbranched alkanes of at least 4 members (excludes halogenated alkanes) is 1. The highest BCUT2D eigenvalue weighted by Gasteiger charge is 2.32. The third-order valence-electron chi connectivity index (χ3n) is 4.83. The summed E-state index contributed by atoms with van der Waals surface area (Å²) in [6, 6.07) is 0.